The van der Waals surface area contributed by atoms with E-state index in [1.54, 1.807) is 18.3 Å². The Hall–Kier alpha value is -1.67. The van der Waals surface area contributed by atoms with Crippen LogP contribution in [0.5, 0.6) is 0 Å². The Kier molecular flexibility index (Phi) is 6.40. The summed E-state index contributed by atoms with van der Waals surface area (Å²) < 4.78 is 24.0. The highest BCUT2D eigenvalue weighted by molar-refractivity contribution is 7.88. The summed E-state index contributed by atoms with van der Waals surface area (Å²) in [5.41, 5.74) is 1.20. The molecule has 0 radical (unpaired) electrons. The van der Waals surface area contributed by atoms with Crippen LogP contribution in [0, 0.1) is 0 Å². The molecule has 1 amide bonds. The van der Waals surface area contributed by atoms with Crippen LogP contribution >= 0.6 is 0 Å². The van der Waals surface area contributed by atoms with Crippen LogP contribution in [-0.4, -0.2) is 45.2 Å². The molecule has 0 aliphatic carbocycles. The molecular formula is C12H20N4O3S. The number of hydrogen-bond donors (Lipinski definition) is 3. The third-order valence-corrected chi connectivity index (χ3v) is 3.11. The molecule has 1 rings (SSSR count). The van der Waals surface area contributed by atoms with Gasteiger partial charge in [0.1, 0.15) is 5.69 Å². The average Bonchev–Trinajstić information content (AvgIpc) is 2.38. The molecule has 20 heavy (non-hydrogen) atoms. The Morgan fingerprint density at radius 1 is 1.30 bits per heavy atom. The van der Waals surface area contributed by atoms with Crippen LogP contribution in [0.15, 0.2) is 18.3 Å². The molecule has 0 fully saturated rings. The summed E-state index contributed by atoms with van der Waals surface area (Å²) in [4.78, 5) is 15.8. The molecule has 0 aliphatic heterocycles. The molecule has 1 aromatic heterocycles. The maximum Gasteiger partial charge on any atom is 0.269 e. The van der Waals surface area contributed by atoms with Crippen LogP contribution in [0.3, 0.4) is 0 Å². The molecule has 1 aromatic rings. The van der Waals surface area contributed by atoms with Crippen molar-refractivity contribution in [2.24, 2.45) is 0 Å². The molecule has 0 spiro atoms. The van der Waals surface area contributed by atoms with Crippen molar-refractivity contribution < 1.29 is 13.2 Å². The maximum absolute atomic E-state index is 11.7. The first kappa shape index (κ1) is 16.4. The normalized spacial score (nSPS) is 11.1. The van der Waals surface area contributed by atoms with Crippen molar-refractivity contribution in [2.45, 2.75) is 13.3 Å². The summed E-state index contributed by atoms with van der Waals surface area (Å²) in [7, 11) is -3.17. The number of nitrogens with one attached hydrogen (secondary N) is 3. The second-order valence-corrected chi connectivity index (χ2v) is 6.07. The number of sulfonamides is 1. The van der Waals surface area contributed by atoms with Gasteiger partial charge in [0.25, 0.3) is 5.91 Å². The smallest absolute Gasteiger partial charge is 0.269 e. The Morgan fingerprint density at radius 2 is 2.05 bits per heavy atom. The summed E-state index contributed by atoms with van der Waals surface area (Å²) in [5.74, 6) is -0.271. The first-order valence-electron chi connectivity index (χ1n) is 6.35. The number of pyridine rings is 1. The second-order valence-electron chi connectivity index (χ2n) is 4.24. The zero-order valence-corrected chi connectivity index (χ0v) is 12.5. The van der Waals surface area contributed by atoms with Gasteiger partial charge in [0.05, 0.1) is 18.1 Å². The molecule has 112 valence electrons. The summed E-state index contributed by atoms with van der Waals surface area (Å²) in [6.45, 7) is 3.45. The van der Waals surface area contributed by atoms with Gasteiger partial charge in [0.15, 0.2) is 0 Å². The topological polar surface area (TPSA) is 100 Å². The van der Waals surface area contributed by atoms with E-state index in [9.17, 15) is 13.2 Å². The van der Waals surface area contributed by atoms with E-state index in [2.05, 4.69) is 20.3 Å². The van der Waals surface area contributed by atoms with E-state index in [1.807, 2.05) is 6.92 Å². The molecule has 3 N–H and O–H groups in total. The van der Waals surface area contributed by atoms with Crippen molar-refractivity contribution >= 4 is 21.6 Å². The van der Waals surface area contributed by atoms with Gasteiger partial charge in [-0.15, -0.1) is 0 Å². The number of aromatic nitrogens is 1. The zero-order valence-electron chi connectivity index (χ0n) is 11.6. The fraction of sp³-hybridized carbons (Fsp3) is 0.500. The molecule has 1 heterocycles. The van der Waals surface area contributed by atoms with E-state index in [1.165, 1.54) is 0 Å². The van der Waals surface area contributed by atoms with Gasteiger partial charge in [0.2, 0.25) is 10.0 Å². The molecular weight excluding hydrogens is 280 g/mol. The largest absolute Gasteiger partial charge is 0.384 e. The van der Waals surface area contributed by atoms with E-state index < -0.39 is 10.0 Å². The van der Waals surface area contributed by atoms with Gasteiger partial charge in [-0.3, -0.25) is 4.79 Å². The zero-order chi connectivity index (χ0) is 15.0. The van der Waals surface area contributed by atoms with E-state index in [0.29, 0.717) is 25.2 Å². The van der Waals surface area contributed by atoms with Gasteiger partial charge < -0.3 is 10.6 Å². The summed E-state index contributed by atoms with van der Waals surface area (Å²) >= 11 is 0. The molecule has 0 unspecified atom stereocenters. The standard InChI is InChI=1S/C12H20N4O3S/c1-3-13-10-5-6-11(15-9-10)12(17)14-7-4-8-16-20(2,18)19/h5-6,9,13,16H,3-4,7-8H2,1-2H3,(H,14,17). The third-order valence-electron chi connectivity index (χ3n) is 2.38. The van der Waals surface area contributed by atoms with Crippen molar-refractivity contribution in [3.8, 4) is 0 Å². The Bertz CT molecular complexity index is 528. The van der Waals surface area contributed by atoms with Crippen molar-refractivity contribution in [1.29, 1.82) is 0 Å². The van der Waals surface area contributed by atoms with Crippen molar-refractivity contribution in [3.63, 3.8) is 0 Å². The third kappa shape index (κ3) is 6.48. The SMILES string of the molecule is CCNc1ccc(C(=O)NCCCNS(C)(=O)=O)nc1. The van der Waals surface area contributed by atoms with E-state index in [0.717, 1.165) is 18.5 Å². The van der Waals surface area contributed by atoms with Gasteiger partial charge in [0, 0.05) is 19.6 Å². The monoisotopic (exact) mass is 300 g/mol. The molecule has 0 aliphatic rings. The van der Waals surface area contributed by atoms with Crippen LogP contribution < -0.4 is 15.4 Å². The van der Waals surface area contributed by atoms with Gasteiger partial charge in [-0.2, -0.15) is 0 Å². The maximum atomic E-state index is 11.7. The average molecular weight is 300 g/mol. The van der Waals surface area contributed by atoms with Crippen LogP contribution in [-0.2, 0) is 10.0 Å². The van der Waals surface area contributed by atoms with Gasteiger partial charge in [-0.25, -0.2) is 18.1 Å². The van der Waals surface area contributed by atoms with Crippen molar-refractivity contribution in [1.82, 2.24) is 15.0 Å². The lowest BCUT2D eigenvalue weighted by molar-refractivity contribution is 0.0948. The number of anilines is 1. The van der Waals surface area contributed by atoms with Gasteiger partial charge in [-0.1, -0.05) is 0 Å². The number of amides is 1. The lowest BCUT2D eigenvalue weighted by atomic mass is 10.3. The van der Waals surface area contributed by atoms with Crippen molar-refractivity contribution in [3.05, 3.63) is 24.0 Å². The molecule has 0 saturated carbocycles. The first-order chi connectivity index (χ1) is 9.42. The van der Waals surface area contributed by atoms with Crippen LogP contribution in [0.4, 0.5) is 5.69 Å². The quantitative estimate of drug-likeness (QED) is 0.595. The van der Waals surface area contributed by atoms with E-state index >= 15 is 0 Å². The van der Waals surface area contributed by atoms with E-state index in [4.69, 9.17) is 0 Å². The minimum atomic E-state index is -3.17. The molecule has 0 atom stereocenters. The fourth-order valence-corrected chi connectivity index (χ4v) is 1.99. The minimum Gasteiger partial charge on any atom is -0.384 e. The Morgan fingerprint density at radius 3 is 2.60 bits per heavy atom. The summed E-state index contributed by atoms with van der Waals surface area (Å²) in [6, 6.07) is 3.43. The van der Waals surface area contributed by atoms with Crippen molar-refractivity contribution in [2.75, 3.05) is 31.2 Å². The molecule has 7 nitrogen and oxygen atoms in total. The molecule has 0 aromatic carbocycles. The minimum absolute atomic E-state index is 0.271. The number of rotatable bonds is 8. The highest BCUT2D eigenvalue weighted by atomic mass is 32.2. The summed E-state index contributed by atoms with van der Waals surface area (Å²) in [6.07, 6.45) is 3.22. The predicted octanol–water partition coefficient (Wildman–Crippen LogP) is 0.183. The fourth-order valence-electron chi connectivity index (χ4n) is 1.48. The molecule has 0 bridgehead atoms. The lowest BCUT2D eigenvalue weighted by Crippen LogP contribution is -2.29. The van der Waals surface area contributed by atoms with Crippen LogP contribution in [0.1, 0.15) is 23.8 Å². The van der Waals surface area contributed by atoms with Gasteiger partial charge >= 0.3 is 0 Å². The predicted molar refractivity (Wildman–Crippen MR) is 78.2 cm³/mol. The summed E-state index contributed by atoms with van der Waals surface area (Å²) in [5, 5.41) is 5.77. The highest BCUT2D eigenvalue weighted by Crippen LogP contribution is 2.05. The Labute approximate surface area is 119 Å². The number of nitrogens with zero attached hydrogens (tertiary/aromatic N) is 1. The first-order valence-corrected chi connectivity index (χ1v) is 8.24. The number of carbonyl (C=O) groups is 1. The molecule has 0 saturated heterocycles. The highest BCUT2D eigenvalue weighted by Gasteiger charge is 2.06. The van der Waals surface area contributed by atoms with Crippen LogP contribution in [0.25, 0.3) is 0 Å². The Balaban J connectivity index is 2.32. The van der Waals surface area contributed by atoms with E-state index in [-0.39, 0.29) is 5.91 Å². The van der Waals surface area contributed by atoms with Crippen LogP contribution in [0.2, 0.25) is 0 Å². The molecule has 8 heteroatoms. The second kappa shape index (κ2) is 7.81. The number of carbonyl (C=O) groups excluding carboxylic acids is 1. The van der Waals surface area contributed by atoms with Gasteiger partial charge in [-0.05, 0) is 25.5 Å². The lowest BCUT2D eigenvalue weighted by Gasteiger charge is -2.06. The number of hydrogen-bond acceptors (Lipinski definition) is 5.